The van der Waals surface area contributed by atoms with Crippen molar-refractivity contribution in [2.24, 2.45) is 5.92 Å². The van der Waals surface area contributed by atoms with Gasteiger partial charge in [0.1, 0.15) is 0 Å². The average molecular weight is 128 g/mol. The summed E-state index contributed by atoms with van der Waals surface area (Å²) in [4.78, 5) is 1.33. The van der Waals surface area contributed by atoms with E-state index in [0.29, 0.717) is 0 Å². The number of hydrogen-bond donors (Lipinski definition) is 0. The molecule has 0 radical (unpaired) electrons. The van der Waals surface area contributed by atoms with Crippen LogP contribution in [0.2, 0.25) is 0 Å². The van der Waals surface area contributed by atoms with E-state index in [1.807, 2.05) is 0 Å². The Morgan fingerprint density at radius 1 is 1.75 bits per heavy atom. The van der Waals surface area contributed by atoms with Gasteiger partial charge in [0.15, 0.2) is 0 Å². The summed E-state index contributed by atoms with van der Waals surface area (Å²) in [5.41, 5.74) is 0. The summed E-state index contributed by atoms with van der Waals surface area (Å²) in [6, 6.07) is 0. The van der Waals surface area contributed by atoms with E-state index >= 15 is 0 Å². The second kappa shape index (κ2) is 2.58. The van der Waals surface area contributed by atoms with Crippen LogP contribution in [-0.4, -0.2) is 4.86 Å². The molecule has 0 aromatic carbocycles. The second-order valence-electron chi connectivity index (χ2n) is 2.46. The van der Waals surface area contributed by atoms with E-state index in [-0.39, 0.29) is 0 Å². The van der Waals surface area contributed by atoms with Gasteiger partial charge in [0.05, 0.1) is 0 Å². The van der Waals surface area contributed by atoms with Crippen LogP contribution in [0.15, 0.2) is 0 Å². The van der Waals surface area contributed by atoms with Gasteiger partial charge < -0.3 is 0 Å². The highest BCUT2D eigenvalue weighted by molar-refractivity contribution is 7.80. The van der Waals surface area contributed by atoms with Gasteiger partial charge >= 0.3 is 0 Å². The van der Waals surface area contributed by atoms with Crippen LogP contribution >= 0.6 is 12.2 Å². The molecule has 0 bridgehead atoms. The van der Waals surface area contributed by atoms with Gasteiger partial charge in [0.25, 0.3) is 0 Å². The largest absolute Gasteiger partial charge is 0.0894 e. The summed E-state index contributed by atoms with van der Waals surface area (Å²) in [5, 5.41) is 0. The Morgan fingerprint density at radius 3 is 2.75 bits per heavy atom. The van der Waals surface area contributed by atoms with Gasteiger partial charge in [0, 0.05) is 0 Å². The van der Waals surface area contributed by atoms with Crippen molar-refractivity contribution in [3.8, 4) is 0 Å². The van der Waals surface area contributed by atoms with E-state index in [1.54, 1.807) is 0 Å². The lowest BCUT2D eigenvalue weighted by Gasteiger charge is -2.02. The summed E-state index contributed by atoms with van der Waals surface area (Å²) in [6.45, 7) is 2.22. The first-order chi connectivity index (χ1) is 3.84. The van der Waals surface area contributed by atoms with Crippen LogP contribution in [0, 0.1) is 5.92 Å². The fourth-order valence-corrected chi connectivity index (χ4v) is 1.75. The quantitative estimate of drug-likeness (QED) is 0.489. The van der Waals surface area contributed by atoms with Crippen molar-refractivity contribution in [1.29, 1.82) is 0 Å². The summed E-state index contributed by atoms with van der Waals surface area (Å²) in [7, 11) is 0. The SMILES string of the molecule is CCC1CCCC1=S. The highest BCUT2D eigenvalue weighted by atomic mass is 32.1. The van der Waals surface area contributed by atoms with Crippen LogP contribution < -0.4 is 0 Å². The molecule has 0 amide bonds. The standard InChI is InChI=1S/C7H12S/c1-2-6-4-3-5-7(6)8/h6H,2-5H2,1H3. The lowest BCUT2D eigenvalue weighted by atomic mass is 10.1. The van der Waals surface area contributed by atoms with E-state index in [9.17, 15) is 0 Å². The Hall–Kier alpha value is 0.0900. The lowest BCUT2D eigenvalue weighted by molar-refractivity contribution is 0.647. The molecular weight excluding hydrogens is 116 g/mol. The van der Waals surface area contributed by atoms with Crippen LogP contribution in [0.5, 0.6) is 0 Å². The zero-order chi connectivity index (χ0) is 5.98. The predicted molar refractivity (Wildman–Crippen MR) is 40.2 cm³/mol. The molecule has 1 aliphatic carbocycles. The molecule has 0 heterocycles. The molecule has 0 N–H and O–H groups in total. The highest BCUT2D eigenvalue weighted by Gasteiger charge is 2.17. The van der Waals surface area contributed by atoms with Gasteiger partial charge in [-0.15, -0.1) is 0 Å². The van der Waals surface area contributed by atoms with Crippen molar-refractivity contribution in [2.45, 2.75) is 32.6 Å². The fourth-order valence-electron chi connectivity index (χ4n) is 1.32. The van der Waals surface area contributed by atoms with Crippen molar-refractivity contribution in [3.63, 3.8) is 0 Å². The molecule has 0 saturated heterocycles. The Labute approximate surface area is 56.3 Å². The minimum absolute atomic E-state index is 0.796. The molecule has 1 saturated carbocycles. The van der Waals surface area contributed by atoms with E-state index in [2.05, 4.69) is 6.92 Å². The molecule has 0 spiro atoms. The Kier molecular flexibility index (Phi) is 2.01. The monoisotopic (exact) mass is 128 g/mol. The molecule has 0 aromatic rings. The van der Waals surface area contributed by atoms with Crippen LogP contribution in [0.1, 0.15) is 32.6 Å². The number of thiocarbonyl (C=S) groups is 1. The van der Waals surface area contributed by atoms with Crippen molar-refractivity contribution >= 4 is 17.1 Å². The minimum atomic E-state index is 0.796. The van der Waals surface area contributed by atoms with Gasteiger partial charge in [-0.05, 0) is 36.5 Å². The average Bonchev–Trinajstić information content (AvgIpc) is 2.14. The van der Waals surface area contributed by atoms with E-state index < -0.39 is 0 Å². The van der Waals surface area contributed by atoms with Gasteiger partial charge in [-0.25, -0.2) is 0 Å². The molecule has 1 unspecified atom stereocenters. The Bertz CT molecular complexity index is 96.6. The predicted octanol–water partition coefficient (Wildman–Crippen LogP) is 2.57. The highest BCUT2D eigenvalue weighted by Crippen LogP contribution is 2.24. The molecule has 1 aliphatic rings. The van der Waals surface area contributed by atoms with Crippen molar-refractivity contribution in [1.82, 2.24) is 0 Å². The number of rotatable bonds is 1. The van der Waals surface area contributed by atoms with Gasteiger partial charge in [0.2, 0.25) is 0 Å². The van der Waals surface area contributed by atoms with Gasteiger partial charge in [-0.2, -0.15) is 0 Å². The molecule has 0 nitrogen and oxygen atoms in total. The third-order valence-corrected chi connectivity index (χ3v) is 2.46. The number of hydrogen-bond acceptors (Lipinski definition) is 1. The zero-order valence-corrected chi connectivity index (χ0v) is 6.13. The van der Waals surface area contributed by atoms with E-state index in [0.717, 1.165) is 5.92 Å². The first kappa shape index (κ1) is 6.21. The first-order valence-electron chi connectivity index (χ1n) is 3.37. The zero-order valence-electron chi connectivity index (χ0n) is 5.31. The maximum Gasteiger partial charge on any atom is -0.00407 e. The molecule has 8 heavy (non-hydrogen) atoms. The summed E-state index contributed by atoms with van der Waals surface area (Å²) >= 11 is 5.14. The second-order valence-corrected chi connectivity index (χ2v) is 2.99. The molecule has 46 valence electrons. The first-order valence-corrected chi connectivity index (χ1v) is 3.78. The third kappa shape index (κ3) is 1.08. The molecule has 1 atom stereocenters. The maximum atomic E-state index is 5.14. The molecule has 0 aliphatic heterocycles. The van der Waals surface area contributed by atoms with Crippen molar-refractivity contribution < 1.29 is 0 Å². The Morgan fingerprint density at radius 2 is 2.50 bits per heavy atom. The normalized spacial score (nSPS) is 29.1. The van der Waals surface area contributed by atoms with Crippen LogP contribution in [0.25, 0.3) is 0 Å². The van der Waals surface area contributed by atoms with Gasteiger partial charge in [-0.1, -0.05) is 19.1 Å². The third-order valence-electron chi connectivity index (χ3n) is 1.92. The minimum Gasteiger partial charge on any atom is -0.0894 e. The topological polar surface area (TPSA) is 0 Å². The summed E-state index contributed by atoms with van der Waals surface area (Å²) in [6.07, 6.45) is 5.18. The van der Waals surface area contributed by atoms with E-state index in [1.165, 1.54) is 30.5 Å². The van der Waals surface area contributed by atoms with Crippen LogP contribution in [0.3, 0.4) is 0 Å². The summed E-state index contributed by atoms with van der Waals surface area (Å²) < 4.78 is 0. The molecule has 1 heteroatoms. The maximum absolute atomic E-state index is 5.14. The van der Waals surface area contributed by atoms with E-state index in [4.69, 9.17) is 12.2 Å². The lowest BCUT2D eigenvalue weighted by Crippen LogP contribution is -2.00. The van der Waals surface area contributed by atoms with Crippen molar-refractivity contribution in [3.05, 3.63) is 0 Å². The summed E-state index contributed by atoms with van der Waals surface area (Å²) in [5.74, 6) is 0.796. The van der Waals surface area contributed by atoms with Gasteiger partial charge in [-0.3, -0.25) is 0 Å². The Balaban J connectivity index is 2.42. The fraction of sp³-hybridized carbons (Fsp3) is 0.857. The van der Waals surface area contributed by atoms with Crippen LogP contribution in [0.4, 0.5) is 0 Å². The molecule has 1 rings (SSSR count). The molecule has 0 aromatic heterocycles. The molecular formula is C7H12S. The smallest absolute Gasteiger partial charge is 0.00407 e. The molecule has 1 fully saturated rings. The van der Waals surface area contributed by atoms with Crippen LogP contribution in [-0.2, 0) is 0 Å². The van der Waals surface area contributed by atoms with Crippen molar-refractivity contribution in [2.75, 3.05) is 0 Å².